The molecule has 8 atom stereocenters. The summed E-state index contributed by atoms with van der Waals surface area (Å²) < 4.78 is 47.6. The maximum Gasteiger partial charge on any atom is 0.397 e. The van der Waals surface area contributed by atoms with Crippen molar-refractivity contribution >= 4 is 16.3 Å². The van der Waals surface area contributed by atoms with Crippen LogP contribution < -0.4 is 5.32 Å². The van der Waals surface area contributed by atoms with Crippen LogP contribution in [0.5, 0.6) is 0 Å². The minimum Gasteiger partial charge on any atom is -0.394 e. The van der Waals surface area contributed by atoms with E-state index in [1.165, 1.54) is 96.0 Å². The van der Waals surface area contributed by atoms with Crippen LogP contribution in [0, 0.1) is 0 Å². The predicted octanol–water partition coefficient (Wildman–Crippen LogP) is 9.97. The Morgan fingerprint density at radius 3 is 1.58 bits per heavy atom. The summed E-state index contributed by atoms with van der Waals surface area (Å²) in [5.41, 5.74) is 0. The minimum atomic E-state index is -5.13. The van der Waals surface area contributed by atoms with Gasteiger partial charge in [-0.2, -0.15) is 8.42 Å². The number of ether oxygens (including phenoxy) is 2. The normalized spacial score (nSPS) is 21.0. The molecule has 0 aromatic carbocycles. The zero-order valence-electron chi connectivity index (χ0n) is 40.9. The van der Waals surface area contributed by atoms with Crippen LogP contribution in [0.15, 0.2) is 60.8 Å². The maximum atomic E-state index is 13.1. The Kier molecular flexibility index (Phi) is 39.0. The molecule has 1 rings (SSSR count). The van der Waals surface area contributed by atoms with Crippen LogP contribution in [0.3, 0.4) is 0 Å². The molecule has 0 radical (unpaired) electrons. The fraction of sp³-hybridized carbons (Fsp3) is 0.788. The lowest BCUT2D eigenvalue weighted by Crippen LogP contribution is -2.61. The van der Waals surface area contributed by atoms with E-state index in [-0.39, 0.29) is 6.42 Å². The fourth-order valence-electron chi connectivity index (χ4n) is 7.76. The largest absolute Gasteiger partial charge is 0.397 e. The van der Waals surface area contributed by atoms with Gasteiger partial charge in [-0.3, -0.25) is 9.35 Å². The summed E-state index contributed by atoms with van der Waals surface area (Å²) in [4.78, 5) is 13.1. The molecule has 1 fully saturated rings. The van der Waals surface area contributed by atoms with Crippen molar-refractivity contribution in [3.05, 3.63) is 60.8 Å². The summed E-state index contributed by atoms with van der Waals surface area (Å²) in [6.07, 6.45) is 41.5. The standard InChI is InChI=1S/C52H93NO12S/c1-3-5-7-9-11-13-15-17-19-21-22-23-24-25-27-28-30-32-34-36-38-40-45(55)44(43-63-52-49(58)50(65-66(60,61)62)48(57)47(42-54)64-52)53-51(59)46(56)41-39-37-35-33-31-29-26-20-18-16-14-12-10-8-6-4-2/h12,14,18,20,24-25,30,32,38,40,44-50,52,54-58H,3-11,13,15-17,19,21-23,26-29,31,33-37,39,41-43H2,1-2H3,(H,53,59)(H,60,61,62)/b14-12-,20-18-,25-24+,32-30+,40-38+. The molecule has 8 unspecified atom stereocenters. The van der Waals surface area contributed by atoms with E-state index in [1.54, 1.807) is 6.08 Å². The van der Waals surface area contributed by atoms with Crippen molar-refractivity contribution in [3.8, 4) is 0 Å². The third-order valence-corrected chi connectivity index (χ3v) is 12.3. The first-order chi connectivity index (χ1) is 31.9. The van der Waals surface area contributed by atoms with Crippen LogP contribution in [0.25, 0.3) is 0 Å². The predicted molar refractivity (Wildman–Crippen MR) is 265 cm³/mol. The molecule has 13 nitrogen and oxygen atoms in total. The molecule has 1 aliphatic rings. The van der Waals surface area contributed by atoms with Crippen molar-refractivity contribution in [2.75, 3.05) is 13.2 Å². The Morgan fingerprint density at radius 2 is 1.06 bits per heavy atom. The average molecular weight is 956 g/mol. The molecule has 1 heterocycles. The van der Waals surface area contributed by atoms with E-state index in [0.717, 1.165) is 77.0 Å². The Morgan fingerprint density at radius 1 is 0.621 bits per heavy atom. The van der Waals surface area contributed by atoms with Gasteiger partial charge < -0.3 is 40.3 Å². The number of carbonyl (C=O) groups excluding carboxylic acids is 1. The molecule has 0 aromatic heterocycles. The molecule has 14 heteroatoms. The van der Waals surface area contributed by atoms with Crippen molar-refractivity contribution in [1.29, 1.82) is 0 Å². The molecule has 0 aromatic rings. The summed E-state index contributed by atoms with van der Waals surface area (Å²) in [6.45, 7) is 3.17. The van der Waals surface area contributed by atoms with Gasteiger partial charge >= 0.3 is 10.4 Å². The molecule has 384 valence electrons. The Hall–Kier alpha value is -2.24. The number of unbranched alkanes of at least 4 members (excludes halogenated alkanes) is 22. The van der Waals surface area contributed by atoms with Crippen LogP contribution in [-0.4, -0.2) is 107 Å². The van der Waals surface area contributed by atoms with Crippen LogP contribution in [0.4, 0.5) is 0 Å². The van der Waals surface area contributed by atoms with Gasteiger partial charge in [0.1, 0.15) is 30.5 Å². The third-order valence-electron chi connectivity index (χ3n) is 11.9. The molecule has 1 amide bonds. The summed E-state index contributed by atoms with van der Waals surface area (Å²) in [5, 5.41) is 55.3. The molecule has 0 bridgehead atoms. The smallest absolute Gasteiger partial charge is 0.394 e. The number of aliphatic hydroxyl groups is 5. The van der Waals surface area contributed by atoms with Gasteiger partial charge in [0.15, 0.2) is 6.29 Å². The van der Waals surface area contributed by atoms with E-state index in [0.29, 0.717) is 12.8 Å². The van der Waals surface area contributed by atoms with Gasteiger partial charge in [0, 0.05) is 0 Å². The second-order valence-electron chi connectivity index (χ2n) is 17.9. The highest BCUT2D eigenvalue weighted by molar-refractivity contribution is 7.80. The number of hydrogen-bond acceptors (Lipinski definition) is 11. The zero-order valence-corrected chi connectivity index (χ0v) is 41.7. The van der Waals surface area contributed by atoms with E-state index in [1.807, 2.05) is 0 Å². The molecule has 66 heavy (non-hydrogen) atoms. The van der Waals surface area contributed by atoms with Gasteiger partial charge in [0.05, 0.1) is 25.4 Å². The van der Waals surface area contributed by atoms with Crippen LogP contribution in [0.2, 0.25) is 0 Å². The number of carbonyl (C=O) groups is 1. The van der Waals surface area contributed by atoms with Crippen LogP contribution in [0.1, 0.15) is 200 Å². The van der Waals surface area contributed by atoms with Gasteiger partial charge in [-0.25, -0.2) is 4.18 Å². The lowest BCUT2D eigenvalue weighted by Gasteiger charge is -2.41. The van der Waals surface area contributed by atoms with Crippen molar-refractivity contribution in [2.24, 2.45) is 0 Å². The number of aliphatic hydroxyl groups excluding tert-OH is 5. The number of allylic oxidation sites excluding steroid dienone is 9. The van der Waals surface area contributed by atoms with E-state index in [4.69, 9.17) is 9.47 Å². The Labute approximate surface area is 400 Å². The van der Waals surface area contributed by atoms with Crippen LogP contribution in [-0.2, 0) is 28.9 Å². The molecular formula is C52H93NO12S. The second-order valence-corrected chi connectivity index (χ2v) is 18.9. The number of hydrogen-bond donors (Lipinski definition) is 7. The summed E-state index contributed by atoms with van der Waals surface area (Å²) in [5.74, 6) is -0.726. The third kappa shape index (κ3) is 33.3. The van der Waals surface area contributed by atoms with E-state index in [9.17, 15) is 43.3 Å². The monoisotopic (exact) mass is 956 g/mol. The van der Waals surface area contributed by atoms with Crippen molar-refractivity contribution in [1.82, 2.24) is 5.32 Å². The topological polar surface area (TPSA) is 212 Å². The number of rotatable bonds is 43. The Balaban J connectivity index is 2.57. The molecule has 0 saturated carbocycles. The number of nitrogens with one attached hydrogen (secondary N) is 1. The minimum absolute atomic E-state index is 0.219. The van der Waals surface area contributed by atoms with E-state index in [2.05, 4.69) is 72.0 Å². The summed E-state index contributed by atoms with van der Waals surface area (Å²) in [6, 6.07) is -1.15. The SMILES string of the molecule is CCCCC/C=C\C/C=C\CCCCCCCCC(O)C(=O)NC(COC1OC(CO)C(O)C(OS(=O)(=O)O)C1O)C(O)/C=C/CC/C=C/CC/C=C/CCCCCCCCCCCCC. The van der Waals surface area contributed by atoms with Gasteiger partial charge in [0.2, 0.25) is 5.91 Å². The van der Waals surface area contributed by atoms with Crippen molar-refractivity contribution in [2.45, 2.75) is 249 Å². The Bertz CT molecular complexity index is 1420. The lowest BCUT2D eigenvalue weighted by atomic mass is 9.99. The van der Waals surface area contributed by atoms with Gasteiger partial charge in [-0.1, -0.05) is 184 Å². The first-order valence-corrected chi connectivity index (χ1v) is 27.1. The van der Waals surface area contributed by atoms with Crippen LogP contribution >= 0.6 is 0 Å². The highest BCUT2D eigenvalue weighted by Crippen LogP contribution is 2.26. The molecule has 1 saturated heterocycles. The lowest BCUT2D eigenvalue weighted by molar-refractivity contribution is -0.298. The zero-order chi connectivity index (χ0) is 48.5. The van der Waals surface area contributed by atoms with Gasteiger partial charge in [0.25, 0.3) is 0 Å². The molecule has 0 spiro atoms. The highest BCUT2D eigenvalue weighted by atomic mass is 32.3. The maximum absolute atomic E-state index is 13.1. The van der Waals surface area contributed by atoms with Crippen molar-refractivity contribution in [3.63, 3.8) is 0 Å². The van der Waals surface area contributed by atoms with E-state index < -0.39 is 78.5 Å². The molecule has 7 N–H and O–H groups in total. The van der Waals surface area contributed by atoms with E-state index >= 15 is 0 Å². The van der Waals surface area contributed by atoms with Gasteiger partial charge in [-0.05, 0) is 77.0 Å². The first-order valence-electron chi connectivity index (χ1n) is 25.8. The summed E-state index contributed by atoms with van der Waals surface area (Å²) in [7, 11) is -5.13. The average Bonchev–Trinajstić information content (AvgIpc) is 3.29. The molecule has 1 aliphatic heterocycles. The fourth-order valence-corrected chi connectivity index (χ4v) is 8.27. The second kappa shape index (κ2) is 41.7. The quantitative estimate of drug-likeness (QED) is 0.0173. The highest BCUT2D eigenvalue weighted by Gasteiger charge is 2.48. The molecular weight excluding hydrogens is 863 g/mol. The summed E-state index contributed by atoms with van der Waals surface area (Å²) >= 11 is 0. The molecule has 0 aliphatic carbocycles. The van der Waals surface area contributed by atoms with Crippen molar-refractivity contribution < 1.29 is 57.0 Å². The number of amides is 1. The first kappa shape index (κ1) is 61.8. The van der Waals surface area contributed by atoms with Gasteiger partial charge in [-0.15, -0.1) is 0 Å².